The van der Waals surface area contributed by atoms with E-state index in [9.17, 15) is 4.79 Å². The Hall–Kier alpha value is -1.26. The van der Waals surface area contributed by atoms with Crippen molar-refractivity contribution >= 4 is 40.0 Å². The molecule has 0 saturated heterocycles. The molecular formula is C15H17ClN2OS. The van der Waals surface area contributed by atoms with Crippen LogP contribution in [0.2, 0.25) is 5.15 Å². The molecular weight excluding hydrogens is 292 g/mol. The molecule has 2 rings (SSSR count). The summed E-state index contributed by atoms with van der Waals surface area (Å²) < 4.78 is 0. The van der Waals surface area contributed by atoms with Crippen LogP contribution in [-0.4, -0.2) is 29.4 Å². The van der Waals surface area contributed by atoms with Gasteiger partial charge >= 0.3 is 0 Å². The highest BCUT2D eigenvalue weighted by atomic mass is 35.5. The van der Waals surface area contributed by atoms with Crippen LogP contribution in [0, 0.1) is 0 Å². The van der Waals surface area contributed by atoms with E-state index in [1.165, 1.54) is 0 Å². The number of hydrogen-bond acceptors (Lipinski definition) is 3. The first-order valence-corrected chi connectivity index (χ1v) is 8.31. The standard InChI is InChI=1S/C15H17ClN2OS/c1-20-9-5-4-8-17-15(19)13-10-18-14(16)12-7-3-2-6-11(12)13/h2-3,6-7,10H,4-5,8-9H2,1H3,(H,17,19). The number of pyridine rings is 1. The lowest BCUT2D eigenvalue weighted by atomic mass is 10.1. The Morgan fingerprint density at radius 1 is 1.30 bits per heavy atom. The second-order valence-electron chi connectivity index (χ2n) is 4.46. The van der Waals surface area contributed by atoms with E-state index in [0.717, 1.165) is 29.4 Å². The third-order valence-electron chi connectivity index (χ3n) is 3.05. The maximum absolute atomic E-state index is 12.2. The number of carbonyl (C=O) groups excluding carboxylic acids is 1. The van der Waals surface area contributed by atoms with E-state index in [1.807, 2.05) is 36.0 Å². The predicted molar refractivity (Wildman–Crippen MR) is 86.7 cm³/mol. The van der Waals surface area contributed by atoms with Gasteiger partial charge in [0.2, 0.25) is 0 Å². The molecule has 0 saturated carbocycles. The van der Waals surface area contributed by atoms with Gasteiger partial charge < -0.3 is 5.32 Å². The Morgan fingerprint density at radius 3 is 2.80 bits per heavy atom. The number of amides is 1. The lowest BCUT2D eigenvalue weighted by Crippen LogP contribution is -2.25. The molecule has 0 fully saturated rings. The molecule has 5 heteroatoms. The van der Waals surface area contributed by atoms with Crippen LogP contribution < -0.4 is 5.32 Å². The number of rotatable bonds is 6. The number of hydrogen-bond donors (Lipinski definition) is 1. The zero-order valence-electron chi connectivity index (χ0n) is 11.4. The van der Waals surface area contributed by atoms with E-state index in [4.69, 9.17) is 11.6 Å². The maximum Gasteiger partial charge on any atom is 0.253 e. The largest absolute Gasteiger partial charge is 0.352 e. The number of nitrogens with one attached hydrogen (secondary N) is 1. The second-order valence-corrected chi connectivity index (χ2v) is 5.81. The Labute approximate surface area is 128 Å². The molecule has 2 aromatic rings. The van der Waals surface area contributed by atoms with Crippen LogP contribution in [0.15, 0.2) is 30.5 Å². The smallest absolute Gasteiger partial charge is 0.253 e. The number of halogens is 1. The molecule has 0 unspecified atom stereocenters. The van der Waals surface area contributed by atoms with Gasteiger partial charge in [0, 0.05) is 18.1 Å². The molecule has 0 bridgehead atoms. The van der Waals surface area contributed by atoms with Gasteiger partial charge in [-0.25, -0.2) is 4.98 Å². The molecule has 0 aliphatic carbocycles. The van der Waals surface area contributed by atoms with Crippen molar-refractivity contribution in [2.24, 2.45) is 0 Å². The predicted octanol–water partition coefficient (Wildman–Crippen LogP) is 3.76. The molecule has 1 aromatic heterocycles. The van der Waals surface area contributed by atoms with Crippen molar-refractivity contribution in [1.29, 1.82) is 0 Å². The van der Waals surface area contributed by atoms with Gasteiger partial charge in [-0.05, 0) is 30.2 Å². The van der Waals surface area contributed by atoms with Crippen molar-refractivity contribution < 1.29 is 4.79 Å². The minimum Gasteiger partial charge on any atom is -0.352 e. The highest BCUT2D eigenvalue weighted by Crippen LogP contribution is 2.24. The van der Waals surface area contributed by atoms with Crippen molar-refractivity contribution in [3.8, 4) is 0 Å². The van der Waals surface area contributed by atoms with Gasteiger partial charge in [0.1, 0.15) is 5.15 Å². The summed E-state index contributed by atoms with van der Waals surface area (Å²) >= 11 is 7.87. The lowest BCUT2D eigenvalue weighted by molar-refractivity contribution is 0.0954. The molecule has 0 spiro atoms. The van der Waals surface area contributed by atoms with Crippen LogP contribution in [0.5, 0.6) is 0 Å². The molecule has 3 nitrogen and oxygen atoms in total. The SMILES string of the molecule is CSCCCCNC(=O)c1cnc(Cl)c2ccccc12. The van der Waals surface area contributed by atoms with Gasteiger partial charge in [-0.2, -0.15) is 11.8 Å². The van der Waals surface area contributed by atoms with Crippen molar-refractivity contribution in [2.45, 2.75) is 12.8 Å². The topological polar surface area (TPSA) is 42.0 Å². The Morgan fingerprint density at radius 2 is 2.05 bits per heavy atom. The van der Waals surface area contributed by atoms with Gasteiger partial charge in [-0.3, -0.25) is 4.79 Å². The average Bonchev–Trinajstić information content (AvgIpc) is 2.47. The van der Waals surface area contributed by atoms with E-state index >= 15 is 0 Å². The van der Waals surface area contributed by atoms with E-state index in [0.29, 0.717) is 17.3 Å². The highest BCUT2D eigenvalue weighted by Gasteiger charge is 2.11. The first kappa shape index (κ1) is 15.1. The van der Waals surface area contributed by atoms with Crippen LogP contribution in [-0.2, 0) is 0 Å². The van der Waals surface area contributed by atoms with Crippen molar-refractivity contribution in [2.75, 3.05) is 18.6 Å². The van der Waals surface area contributed by atoms with Gasteiger partial charge in [0.05, 0.1) is 5.56 Å². The monoisotopic (exact) mass is 308 g/mol. The Kier molecular flexibility index (Phi) is 5.68. The summed E-state index contributed by atoms with van der Waals surface area (Å²) in [5.74, 6) is 1.04. The van der Waals surface area contributed by atoms with Crippen LogP contribution in [0.25, 0.3) is 10.8 Å². The molecule has 1 amide bonds. The zero-order chi connectivity index (χ0) is 14.4. The first-order chi connectivity index (χ1) is 9.74. The van der Waals surface area contributed by atoms with Gasteiger partial charge in [-0.1, -0.05) is 35.9 Å². The number of unbranched alkanes of at least 4 members (excludes halogenated alkanes) is 1. The molecule has 1 N–H and O–H groups in total. The van der Waals surface area contributed by atoms with Gasteiger partial charge in [-0.15, -0.1) is 0 Å². The quantitative estimate of drug-likeness (QED) is 0.652. The number of carbonyl (C=O) groups is 1. The minimum absolute atomic E-state index is 0.0884. The van der Waals surface area contributed by atoms with Crippen LogP contribution in [0.3, 0.4) is 0 Å². The van der Waals surface area contributed by atoms with Crippen molar-refractivity contribution in [3.63, 3.8) is 0 Å². The Balaban J connectivity index is 2.09. The second kappa shape index (κ2) is 7.50. The van der Waals surface area contributed by atoms with Gasteiger partial charge in [0.15, 0.2) is 0 Å². The van der Waals surface area contributed by atoms with E-state index < -0.39 is 0 Å². The molecule has 0 aliphatic heterocycles. The van der Waals surface area contributed by atoms with E-state index in [2.05, 4.69) is 16.6 Å². The molecule has 20 heavy (non-hydrogen) atoms. The molecule has 1 aromatic carbocycles. The summed E-state index contributed by atoms with van der Waals surface area (Å²) in [5.41, 5.74) is 0.579. The fraction of sp³-hybridized carbons (Fsp3) is 0.333. The highest BCUT2D eigenvalue weighted by molar-refractivity contribution is 7.98. The molecule has 0 radical (unpaired) electrons. The van der Waals surface area contributed by atoms with Crippen LogP contribution in [0.1, 0.15) is 23.2 Å². The molecule has 1 heterocycles. The summed E-state index contributed by atoms with van der Waals surface area (Å²) in [4.78, 5) is 16.3. The Bertz CT molecular complexity index is 603. The summed E-state index contributed by atoms with van der Waals surface area (Å²) in [6.07, 6.45) is 5.73. The van der Waals surface area contributed by atoms with Crippen molar-refractivity contribution in [3.05, 3.63) is 41.2 Å². The summed E-state index contributed by atoms with van der Waals surface area (Å²) in [6, 6.07) is 7.55. The summed E-state index contributed by atoms with van der Waals surface area (Å²) in [5, 5.41) is 5.02. The number of fused-ring (bicyclic) bond motifs is 1. The van der Waals surface area contributed by atoms with E-state index in [1.54, 1.807) is 6.20 Å². The van der Waals surface area contributed by atoms with Crippen LogP contribution in [0.4, 0.5) is 0 Å². The fourth-order valence-corrected chi connectivity index (χ4v) is 2.71. The molecule has 0 aliphatic rings. The number of benzene rings is 1. The zero-order valence-corrected chi connectivity index (χ0v) is 12.9. The molecule has 106 valence electrons. The maximum atomic E-state index is 12.2. The lowest BCUT2D eigenvalue weighted by Gasteiger charge is -2.08. The third kappa shape index (κ3) is 3.64. The third-order valence-corrected chi connectivity index (χ3v) is 4.05. The minimum atomic E-state index is -0.0884. The summed E-state index contributed by atoms with van der Waals surface area (Å²) in [7, 11) is 0. The first-order valence-electron chi connectivity index (χ1n) is 6.54. The van der Waals surface area contributed by atoms with Crippen LogP contribution >= 0.6 is 23.4 Å². The number of thioether (sulfide) groups is 1. The van der Waals surface area contributed by atoms with Gasteiger partial charge in [0.25, 0.3) is 5.91 Å². The average molecular weight is 309 g/mol. The van der Waals surface area contributed by atoms with E-state index in [-0.39, 0.29) is 5.91 Å². The molecule has 0 atom stereocenters. The number of nitrogens with zero attached hydrogens (tertiary/aromatic N) is 1. The van der Waals surface area contributed by atoms with Crippen molar-refractivity contribution in [1.82, 2.24) is 10.3 Å². The normalized spacial score (nSPS) is 10.7. The fourth-order valence-electron chi connectivity index (χ4n) is 2.01. The summed E-state index contributed by atoms with van der Waals surface area (Å²) in [6.45, 7) is 0.691. The number of aromatic nitrogens is 1.